The van der Waals surface area contributed by atoms with Gasteiger partial charge in [0.2, 0.25) is 0 Å². The van der Waals surface area contributed by atoms with Crippen LogP contribution in [0.2, 0.25) is 0 Å². The van der Waals surface area contributed by atoms with Crippen LogP contribution >= 0.6 is 11.8 Å². The van der Waals surface area contributed by atoms with Crippen molar-refractivity contribution in [1.29, 1.82) is 0 Å². The quantitative estimate of drug-likeness (QED) is 0.0859. The number of fused-ring (bicyclic) bond motifs is 1. The van der Waals surface area contributed by atoms with Crippen LogP contribution in [0.3, 0.4) is 0 Å². The smallest absolute Gasteiger partial charge is 0.293 e. The van der Waals surface area contributed by atoms with E-state index in [4.69, 9.17) is 9.47 Å². The van der Waals surface area contributed by atoms with Gasteiger partial charge in [-0.15, -0.1) is 6.58 Å². The highest BCUT2D eigenvalue weighted by Crippen LogP contribution is 2.38. The molecule has 0 bridgehead atoms. The normalized spacial score (nSPS) is 14.1. The van der Waals surface area contributed by atoms with E-state index in [-0.39, 0.29) is 30.0 Å². The summed E-state index contributed by atoms with van der Waals surface area (Å²) in [6.45, 7) is 4.10. The van der Waals surface area contributed by atoms with Crippen LogP contribution < -0.4 is 9.47 Å². The van der Waals surface area contributed by atoms with E-state index in [0.29, 0.717) is 34.0 Å². The van der Waals surface area contributed by atoms with Crippen molar-refractivity contribution in [3.63, 3.8) is 0 Å². The summed E-state index contributed by atoms with van der Waals surface area (Å²) in [4.78, 5) is 38.5. The first-order valence-electron chi connectivity index (χ1n) is 12.8. The summed E-state index contributed by atoms with van der Waals surface area (Å²) in [6, 6.07) is 23.5. The second kappa shape index (κ2) is 12.1. The molecule has 2 amide bonds. The number of rotatable bonds is 10. The summed E-state index contributed by atoms with van der Waals surface area (Å²) in [5.74, 6) is 0.541. The molecule has 1 aliphatic rings. The number of hydrogen-bond donors (Lipinski definition) is 0. The Morgan fingerprint density at radius 2 is 1.78 bits per heavy atom. The van der Waals surface area contributed by atoms with E-state index in [0.717, 1.165) is 33.7 Å². The molecule has 41 heavy (non-hydrogen) atoms. The number of carbonyl (C=O) groups excluding carboxylic acids is 2. The summed E-state index contributed by atoms with van der Waals surface area (Å²) in [7, 11) is 1.51. The van der Waals surface area contributed by atoms with Gasteiger partial charge in [0.1, 0.15) is 6.61 Å². The monoisotopic (exact) mass is 566 g/mol. The third-order valence-electron chi connectivity index (χ3n) is 6.62. The maximum Gasteiger partial charge on any atom is 0.293 e. The molecule has 0 spiro atoms. The van der Waals surface area contributed by atoms with Crippen LogP contribution in [-0.4, -0.2) is 28.1 Å². The summed E-state index contributed by atoms with van der Waals surface area (Å²) < 4.78 is 11.7. The van der Waals surface area contributed by atoms with Crippen LogP contribution in [0.1, 0.15) is 22.3 Å². The molecule has 0 radical (unpaired) electrons. The van der Waals surface area contributed by atoms with Crippen LogP contribution in [0.25, 0.3) is 16.8 Å². The summed E-state index contributed by atoms with van der Waals surface area (Å²) in [5.41, 5.74) is 2.93. The lowest BCUT2D eigenvalue weighted by Crippen LogP contribution is -2.27. The lowest BCUT2D eigenvalue weighted by atomic mass is 10.0. The van der Waals surface area contributed by atoms with Crippen molar-refractivity contribution >= 4 is 45.4 Å². The number of non-ortho nitro benzene ring substituents is 1. The van der Waals surface area contributed by atoms with Crippen molar-refractivity contribution in [2.45, 2.75) is 19.6 Å². The maximum absolute atomic E-state index is 13.3. The molecule has 0 unspecified atom stereocenters. The van der Waals surface area contributed by atoms with Gasteiger partial charge in [0.15, 0.2) is 11.5 Å². The Hall–Kier alpha value is -4.89. The van der Waals surface area contributed by atoms with Crippen molar-refractivity contribution in [3.8, 4) is 11.5 Å². The fourth-order valence-corrected chi connectivity index (χ4v) is 5.53. The first-order valence-corrected chi connectivity index (χ1v) is 13.6. The third-order valence-corrected chi connectivity index (χ3v) is 7.53. The summed E-state index contributed by atoms with van der Waals surface area (Å²) in [6.07, 6.45) is 3.84. The first kappa shape index (κ1) is 27.7. The van der Waals surface area contributed by atoms with Gasteiger partial charge >= 0.3 is 0 Å². The highest BCUT2D eigenvalue weighted by Gasteiger charge is 2.35. The zero-order valence-corrected chi connectivity index (χ0v) is 23.1. The van der Waals surface area contributed by atoms with Crippen molar-refractivity contribution in [2.75, 3.05) is 7.11 Å². The van der Waals surface area contributed by atoms with Gasteiger partial charge < -0.3 is 9.47 Å². The van der Waals surface area contributed by atoms with E-state index in [1.807, 2.05) is 48.5 Å². The van der Waals surface area contributed by atoms with Crippen LogP contribution in [-0.2, 0) is 24.4 Å². The fourth-order valence-electron chi connectivity index (χ4n) is 4.69. The highest BCUT2D eigenvalue weighted by molar-refractivity contribution is 8.18. The Kier molecular flexibility index (Phi) is 8.16. The zero-order valence-electron chi connectivity index (χ0n) is 22.2. The van der Waals surface area contributed by atoms with Gasteiger partial charge in [-0.05, 0) is 63.9 Å². The molecule has 206 valence electrons. The number of benzene rings is 4. The topological polar surface area (TPSA) is 99.0 Å². The van der Waals surface area contributed by atoms with Gasteiger partial charge in [-0.25, -0.2) is 0 Å². The van der Waals surface area contributed by atoms with E-state index in [9.17, 15) is 19.7 Å². The minimum absolute atomic E-state index is 0.0193. The summed E-state index contributed by atoms with van der Waals surface area (Å²) in [5, 5.41) is 12.8. The Morgan fingerprint density at radius 3 is 2.56 bits per heavy atom. The van der Waals surface area contributed by atoms with E-state index in [1.165, 1.54) is 24.1 Å². The van der Waals surface area contributed by atoms with Gasteiger partial charge in [0, 0.05) is 17.7 Å². The Balaban J connectivity index is 1.40. The predicted molar refractivity (Wildman–Crippen MR) is 160 cm³/mol. The van der Waals surface area contributed by atoms with Crippen LogP contribution in [0.5, 0.6) is 11.5 Å². The molecule has 1 fully saturated rings. The molecule has 8 nitrogen and oxygen atoms in total. The number of nitrogens with zero attached hydrogens (tertiary/aromatic N) is 2. The first-order chi connectivity index (χ1) is 19.9. The largest absolute Gasteiger partial charge is 0.493 e. The Morgan fingerprint density at radius 1 is 1.00 bits per heavy atom. The molecular formula is C32H26N2O6S. The number of ether oxygens (including phenoxy) is 2. The molecule has 0 aliphatic carbocycles. The number of nitro benzene ring substituents is 1. The highest BCUT2D eigenvalue weighted by atomic mass is 32.2. The average Bonchev–Trinajstić information content (AvgIpc) is 3.24. The van der Waals surface area contributed by atoms with E-state index in [1.54, 1.807) is 30.4 Å². The molecular weight excluding hydrogens is 540 g/mol. The SMILES string of the molecule is C=CCc1cc(/C=C2/SC(=O)N(Cc3cccc4ccccc34)C2=O)cc(OC)c1OCc1cccc([N+](=O)[O-])c1. The van der Waals surface area contributed by atoms with E-state index < -0.39 is 4.92 Å². The molecule has 0 N–H and O–H groups in total. The average molecular weight is 567 g/mol. The summed E-state index contributed by atoms with van der Waals surface area (Å²) >= 11 is 0.901. The lowest BCUT2D eigenvalue weighted by molar-refractivity contribution is -0.384. The Labute approximate surface area is 241 Å². The molecule has 1 aliphatic heterocycles. The van der Waals surface area contributed by atoms with Crippen LogP contribution in [0.15, 0.2) is 96.4 Å². The molecule has 1 heterocycles. The van der Waals surface area contributed by atoms with Gasteiger partial charge in [-0.3, -0.25) is 24.6 Å². The second-order valence-corrected chi connectivity index (χ2v) is 10.3. The van der Waals surface area contributed by atoms with Crippen molar-refractivity contribution in [1.82, 2.24) is 4.90 Å². The molecule has 4 aromatic carbocycles. The molecule has 5 rings (SSSR count). The number of amides is 2. The molecule has 1 saturated heterocycles. The predicted octanol–water partition coefficient (Wildman–Crippen LogP) is 7.30. The molecule has 0 atom stereocenters. The van der Waals surface area contributed by atoms with E-state index in [2.05, 4.69) is 6.58 Å². The van der Waals surface area contributed by atoms with Gasteiger partial charge in [0.05, 0.1) is 23.5 Å². The maximum atomic E-state index is 13.3. The van der Waals surface area contributed by atoms with Crippen LogP contribution in [0.4, 0.5) is 10.5 Å². The zero-order chi connectivity index (χ0) is 28.9. The van der Waals surface area contributed by atoms with E-state index >= 15 is 0 Å². The molecule has 9 heteroatoms. The number of nitro groups is 1. The molecule has 0 saturated carbocycles. The second-order valence-electron chi connectivity index (χ2n) is 9.33. The van der Waals surface area contributed by atoms with Crippen LogP contribution in [0, 0.1) is 10.1 Å². The van der Waals surface area contributed by atoms with Crippen molar-refractivity contribution in [2.24, 2.45) is 0 Å². The third kappa shape index (κ3) is 6.00. The lowest BCUT2D eigenvalue weighted by Gasteiger charge is -2.16. The van der Waals surface area contributed by atoms with Crippen molar-refractivity contribution < 1.29 is 24.0 Å². The van der Waals surface area contributed by atoms with Gasteiger partial charge in [-0.1, -0.05) is 60.7 Å². The standard InChI is InChI=1S/C32H26N2O6S/c1-3-8-24-15-22(17-28(39-2)30(24)40-20-21-9-6-13-26(16-21)34(37)38)18-29-31(35)33(32(36)41-29)19-25-12-7-11-23-10-4-5-14-27(23)25/h3-7,9-18H,1,8,19-20H2,2H3/b29-18+. The Bertz CT molecular complexity index is 1710. The molecule has 4 aromatic rings. The fraction of sp³-hybridized carbons (Fsp3) is 0.125. The minimum atomic E-state index is -0.453. The van der Waals surface area contributed by atoms with Gasteiger partial charge in [-0.2, -0.15) is 0 Å². The number of methoxy groups -OCH3 is 1. The number of thioether (sulfide) groups is 1. The number of imide groups is 1. The van der Waals surface area contributed by atoms with Crippen molar-refractivity contribution in [3.05, 3.63) is 129 Å². The van der Waals surface area contributed by atoms with Gasteiger partial charge in [0.25, 0.3) is 16.8 Å². The molecule has 0 aromatic heterocycles. The minimum Gasteiger partial charge on any atom is -0.493 e. The number of carbonyl (C=O) groups is 2. The number of allylic oxidation sites excluding steroid dienone is 1. The number of hydrogen-bond acceptors (Lipinski definition) is 7.